The zero-order valence-electron chi connectivity index (χ0n) is 14.1. The van der Waals surface area contributed by atoms with E-state index in [1.165, 1.54) is 4.31 Å². The number of rotatable bonds is 7. The van der Waals surface area contributed by atoms with Crippen LogP contribution in [-0.2, 0) is 16.6 Å². The molecule has 0 spiro atoms. The normalized spacial score (nSPS) is 12.9. The van der Waals surface area contributed by atoms with Gasteiger partial charge in [0.05, 0.1) is 17.9 Å². The minimum absolute atomic E-state index is 0.0836. The summed E-state index contributed by atoms with van der Waals surface area (Å²) in [7, 11) is -1.88. The Bertz CT molecular complexity index is 576. The molecule has 0 aliphatic heterocycles. The lowest BCUT2D eigenvalue weighted by Crippen LogP contribution is -2.33. The summed E-state index contributed by atoms with van der Waals surface area (Å²) in [5, 5.41) is 7.69. The van der Waals surface area contributed by atoms with Gasteiger partial charge in [-0.2, -0.15) is 9.40 Å². The molecule has 21 heavy (non-hydrogen) atoms. The monoisotopic (exact) mass is 316 g/mol. The van der Waals surface area contributed by atoms with E-state index in [9.17, 15) is 8.42 Å². The quantitative estimate of drug-likeness (QED) is 0.828. The van der Waals surface area contributed by atoms with Crippen LogP contribution in [0.1, 0.15) is 39.1 Å². The first-order chi connectivity index (χ1) is 9.59. The Labute approximate surface area is 128 Å². The summed E-state index contributed by atoms with van der Waals surface area (Å²) >= 11 is 0. The minimum atomic E-state index is -3.49. The molecule has 0 atom stereocenters. The molecule has 7 heteroatoms. The van der Waals surface area contributed by atoms with Crippen molar-refractivity contribution in [2.75, 3.05) is 13.6 Å². The maximum atomic E-state index is 12.7. The topological polar surface area (TPSA) is 67.2 Å². The maximum Gasteiger partial charge on any atom is 0.246 e. The molecule has 0 saturated carbocycles. The Hall–Kier alpha value is -0.920. The van der Waals surface area contributed by atoms with Crippen molar-refractivity contribution in [3.05, 3.63) is 11.4 Å². The van der Waals surface area contributed by atoms with Crippen LogP contribution in [-0.4, -0.2) is 48.2 Å². The van der Waals surface area contributed by atoms with E-state index in [2.05, 4.69) is 24.3 Å². The molecule has 0 fully saturated rings. The predicted octanol–water partition coefficient (Wildman–Crippen LogP) is 1.53. The van der Waals surface area contributed by atoms with Crippen LogP contribution >= 0.6 is 0 Å². The molecule has 0 saturated heterocycles. The van der Waals surface area contributed by atoms with Gasteiger partial charge in [-0.15, -0.1) is 0 Å². The molecule has 0 aliphatic carbocycles. The molecule has 0 amide bonds. The molecule has 0 unspecified atom stereocenters. The summed E-state index contributed by atoms with van der Waals surface area (Å²) in [5.41, 5.74) is 1.26. The van der Waals surface area contributed by atoms with Gasteiger partial charge >= 0.3 is 0 Å². The van der Waals surface area contributed by atoms with Gasteiger partial charge in [0.15, 0.2) is 0 Å². The van der Waals surface area contributed by atoms with Crippen LogP contribution in [0.15, 0.2) is 4.90 Å². The third-order valence-corrected chi connectivity index (χ3v) is 5.84. The molecule has 1 N–H and O–H groups in total. The third-order valence-electron chi connectivity index (χ3n) is 3.56. The van der Waals surface area contributed by atoms with E-state index in [-0.39, 0.29) is 6.04 Å². The lowest BCUT2D eigenvalue weighted by Gasteiger charge is -2.21. The summed E-state index contributed by atoms with van der Waals surface area (Å²) in [6.07, 6.45) is 0. The van der Waals surface area contributed by atoms with E-state index in [0.29, 0.717) is 28.9 Å². The zero-order valence-corrected chi connectivity index (χ0v) is 15.0. The second-order valence-corrected chi connectivity index (χ2v) is 7.88. The van der Waals surface area contributed by atoms with Crippen molar-refractivity contribution in [3.63, 3.8) is 0 Å². The zero-order chi connectivity index (χ0) is 16.4. The highest BCUT2D eigenvalue weighted by Gasteiger charge is 2.29. The molecule has 1 aromatic heterocycles. The summed E-state index contributed by atoms with van der Waals surface area (Å²) in [4.78, 5) is 0.336. The van der Waals surface area contributed by atoms with Crippen molar-refractivity contribution in [3.8, 4) is 0 Å². The van der Waals surface area contributed by atoms with Gasteiger partial charge in [0.2, 0.25) is 10.0 Å². The Morgan fingerprint density at radius 3 is 2.29 bits per heavy atom. The molecule has 0 aromatic carbocycles. The van der Waals surface area contributed by atoms with Gasteiger partial charge in [-0.05, 0) is 27.7 Å². The third kappa shape index (κ3) is 4.05. The maximum absolute atomic E-state index is 12.7. The van der Waals surface area contributed by atoms with Crippen LogP contribution in [0.25, 0.3) is 0 Å². The van der Waals surface area contributed by atoms with Crippen molar-refractivity contribution >= 4 is 10.0 Å². The van der Waals surface area contributed by atoms with Gasteiger partial charge in [0.1, 0.15) is 4.90 Å². The van der Waals surface area contributed by atoms with Crippen LogP contribution in [0.3, 0.4) is 0 Å². The fourth-order valence-corrected chi connectivity index (χ4v) is 3.89. The van der Waals surface area contributed by atoms with Gasteiger partial charge in [-0.3, -0.25) is 4.68 Å². The minimum Gasteiger partial charge on any atom is -0.313 e. The molecule has 0 bridgehead atoms. The van der Waals surface area contributed by atoms with Gasteiger partial charge in [-0.1, -0.05) is 13.8 Å². The Morgan fingerprint density at radius 1 is 1.24 bits per heavy atom. The summed E-state index contributed by atoms with van der Waals surface area (Å²) < 4.78 is 28.5. The van der Waals surface area contributed by atoms with Gasteiger partial charge in [-0.25, -0.2) is 8.42 Å². The van der Waals surface area contributed by atoms with Gasteiger partial charge in [0.25, 0.3) is 0 Å². The standard InChI is InChI=1S/C14H28N4O2S/c1-10(2)15-8-9-18-13(6)14(12(5)16-18)21(19,20)17(7)11(3)4/h10-11,15H,8-9H2,1-7H3. The van der Waals surface area contributed by atoms with E-state index in [1.807, 2.05) is 20.8 Å². The van der Waals surface area contributed by atoms with E-state index in [4.69, 9.17) is 0 Å². The molecule has 1 heterocycles. The lowest BCUT2D eigenvalue weighted by molar-refractivity contribution is 0.410. The van der Waals surface area contributed by atoms with E-state index >= 15 is 0 Å². The highest BCUT2D eigenvalue weighted by molar-refractivity contribution is 7.89. The fraction of sp³-hybridized carbons (Fsp3) is 0.786. The average molecular weight is 316 g/mol. The molecular formula is C14H28N4O2S. The van der Waals surface area contributed by atoms with E-state index in [0.717, 1.165) is 6.54 Å². The van der Waals surface area contributed by atoms with Gasteiger partial charge in [0, 0.05) is 25.7 Å². The Balaban J connectivity index is 3.08. The molecular weight excluding hydrogens is 288 g/mol. The molecule has 1 rings (SSSR count). The molecule has 1 aromatic rings. The van der Waals surface area contributed by atoms with Crippen molar-refractivity contribution in [2.24, 2.45) is 0 Å². The largest absolute Gasteiger partial charge is 0.313 e. The first-order valence-corrected chi connectivity index (χ1v) is 8.78. The van der Waals surface area contributed by atoms with Crippen LogP contribution in [0, 0.1) is 13.8 Å². The first-order valence-electron chi connectivity index (χ1n) is 7.34. The van der Waals surface area contributed by atoms with Crippen molar-refractivity contribution in [1.29, 1.82) is 0 Å². The molecule has 6 nitrogen and oxygen atoms in total. The van der Waals surface area contributed by atoms with E-state index < -0.39 is 10.0 Å². The lowest BCUT2D eigenvalue weighted by atomic mass is 10.4. The second-order valence-electron chi connectivity index (χ2n) is 5.95. The number of hydrogen-bond donors (Lipinski definition) is 1. The average Bonchev–Trinajstić information content (AvgIpc) is 2.63. The highest BCUT2D eigenvalue weighted by Crippen LogP contribution is 2.23. The first kappa shape index (κ1) is 18.1. The summed E-state index contributed by atoms with van der Waals surface area (Å²) in [5.74, 6) is 0. The van der Waals surface area contributed by atoms with E-state index in [1.54, 1.807) is 18.7 Å². The fourth-order valence-electron chi connectivity index (χ4n) is 2.15. The summed E-state index contributed by atoms with van der Waals surface area (Å²) in [6.45, 7) is 12.9. The van der Waals surface area contributed by atoms with Crippen LogP contribution in [0.4, 0.5) is 0 Å². The van der Waals surface area contributed by atoms with Crippen molar-refractivity contribution in [2.45, 2.75) is 65.1 Å². The number of aromatic nitrogens is 2. The SMILES string of the molecule is Cc1nn(CCNC(C)C)c(C)c1S(=O)(=O)N(C)C(C)C. The van der Waals surface area contributed by atoms with Crippen molar-refractivity contribution < 1.29 is 8.42 Å². The number of nitrogens with zero attached hydrogens (tertiary/aromatic N) is 3. The van der Waals surface area contributed by atoms with Crippen LogP contribution < -0.4 is 5.32 Å². The van der Waals surface area contributed by atoms with Crippen LogP contribution in [0.5, 0.6) is 0 Å². The van der Waals surface area contributed by atoms with Crippen LogP contribution in [0.2, 0.25) is 0 Å². The van der Waals surface area contributed by atoms with Gasteiger partial charge < -0.3 is 5.32 Å². The highest BCUT2D eigenvalue weighted by atomic mass is 32.2. The number of hydrogen-bond acceptors (Lipinski definition) is 4. The number of sulfonamides is 1. The number of aryl methyl sites for hydroxylation is 1. The summed E-state index contributed by atoms with van der Waals surface area (Å²) in [6, 6.07) is 0.317. The number of nitrogens with one attached hydrogen (secondary N) is 1. The van der Waals surface area contributed by atoms with Crippen molar-refractivity contribution in [1.82, 2.24) is 19.4 Å². The second kappa shape index (κ2) is 6.89. The Morgan fingerprint density at radius 2 is 1.81 bits per heavy atom. The molecule has 122 valence electrons. The smallest absolute Gasteiger partial charge is 0.246 e. The molecule has 0 radical (unpaired) electrons. The Kier molecular flexibility index (Phi) is 5.95. The molecule has 0 aliphatic rings. The predicted molar refractivity (Wildman–Crippen MR) is 84.9 cm³/mol.